The zero-order valence-corrected chi connectivity index (χ0v) is 14.4. The van der Waals surface area contributed by atoms with Crippen LogP contribution in [0, 0.1) is 0 Å². The van der Waals surface area contributed by atoms with Crippen molar-refractivity contribution in [3.63, 3.8) is 0 Å². The van der Waals surface area contributed by atoms with Gasteiger partial charge >= 0.3 is 0 Å². The summed E-state index contributed by atoms with van der Waals surface area (Å²) in [6, 6.07) is 3.09. The number of morpholine rings is 1. The van der Waals surface area contributed by atoms with Gasteiger partial charge in [-0.3, -0.25) is 4.79 Å². The Labute approximate surface area is 148 Å². The first-order valence-electron chi connectivity index (χ1n) is 6.42. The van der Waals surface area contributed by atoms with Crippen LogP contribution in [0.15, 0.2) is 22.8 Å². The zero-order valence-electron chi connectivity index (χ0n) is 11.4. The number of hydrogen-bond acceptors (Lipinski definition) is 4. The van der Waals surface area contributed by atoms with E-state index in [1.165, 1.54) is 12.3 Å². The molecular weight excluding hydrogens is 373 g/mol. The number of furan rings is 1. The van der Waals surface area contributed by atoms with Gasteiger partial charge in [0, 0.05) is 13.1 Å². The van der Waals surface area contributed by atoms with Gasteiger partial charge < -0.3 is 24.7 Å². The van der Waals surface area contributed by atoms with Crippen molar-refractivity contribution in [3.8, 4) is 0 Å². The second-order valence-corrected chi connectivity index (χ2v) is 7.23. The van der Waals surface area contributed by atoms with Crippen molar-refractivity contribution in [1.29, 1.82) is 0 Å². The Morgan fingerprint density at radius 1 is 1.32 bits per heavy atom. The normalized spacial score (nSPS) is 17.0. The van der Waals surface area contributed by atoms with Crippen molar-refractivity contribution in [2.45, 2.75) is 9.96 Å². The van der Waals surface area contributed by atoms with Crippen LogP contribution in [0.25, 0.3) is 0 Å². The molecule has 122 valence electrons. The van der Waals surface area contributed by atoms with E-state index in [1.54, 1.807) is 6.07 Å². The van der Waals surface area contributed by atoms with E-state index in [9.17, 15) is 4.79 Å². The van der Waals surface area contributed by atoms with Crippen LogP contribution in [0.5, 0.6) is 0 Å². The molecule has 0 aromatic carbocycles. The molecule has 1 saturated heterocycles. The zero-order chi connectivity index (χ0) is 16.2. The van der Waals surface area contributed by atoms with Crippen LogP contribution < -0.4 is 10.6 Å². The number of halogens is 3. The number of carbonyl (C=O) groups is 1. The van der Waals surface area contributed by atoms with Gasteiger partial charge in [0.05, 0.1) is 19.5 Å². The minimum Gasteiger partial charge on any atom is -0.459 e. The third-order valence-corrected chi connectivity index (χ3v) is 3.94. The molecule has 0 spiro atoms. The molecule has 0 unspecified atom stereocenters. The number of amides is 1. The Bertz CT molecular complexity index is 515. The Kier molecular flexibility index (Phi) is 6.17. The topological polar surface area (TPSA) is 66.7 Å². The van der Waals surface area contributed by atoms with Crippen LogP contribution in [0.3, 0.4) is 0 Å². The molecule has 6 nitrogen and oxygen atoms in total. The molecule has 0 aliphatic carbocycles. The van der Waals surface area contributed by atoms with Gasteiger partial charge in [-0.05, 0) is 24.4 Å². The van der Waals surface area contributed by atoms with Crippen molar-refractivity contribution in [1.82, 2.24) is 15.5 Å². The molecule has 1 amide bonds. The van der Waals surface area contributed by atoms with Crippen molar-refractivity contribution in [2.75, 3.05) is 26.3 Å². The SMILES string of the molecule is O=C(N[C@@H](NC(=S)N1CCOCC1)C(Cl)(Cl)Cl)c1ccco1. The lowest BCUT2D eigenvalue weighted by Crippen LogP contribution is -2.59. The maximum Gasteiger partial charge on any atom is 0.288 e. The fourth-order valence-corrected chi connectivity index (χ4v) is 2.42. The van der Waals surface area contributed by atoms with Crippen LogP contribution in [0.2, 0.25) is 0 Å². The molecule has 1 atom stereocenters. The van der Waals surface area contributed by atoms with E-state index in [0.717, 1.165) is 0 Å². The highest BCUT2D eigenvalue weighted by Crippen LogP contribution is 2.29. The summed E-state index contributed by atoms with van der Waals surface area (Å²) in [5.41, 5.74) is 0. The Hall–Kier alpha value is -0.730. The predicted octanol–water partition coefficient (Wildman–Crippen LogP) is 1.91. The number of carbonyl (C=O) groups excluding carboxylic acids is 1. The summed E-state index contributed by atoms with van der Waals surface area (Å²) in [6.45, 7) is 2.40. The van der Waals surface area contributed by atoms with Crippen LogP contribution in [0.4, 0.5) is 0 Å². The third-order valence-electron chi connectivity index (χ3n) is 2.91. The Morgan fingerprint density at radius 3 is 2.55 bits per heavy atom. The predicted molar refractivity (Wildman–Crippen MR) is 88.4 cm³/mol. The molecule has 0 bridgehead atoms. The fourth-order valence-electron chi connectivity index (χ4n) is 1.79. The second kappa shape index (κ2) is 7.70. The van der Waals surface area contributed by atoms with Crippen molar-refractivity contribution in [2.24, 2.45) is 0 Å². The molecule has 1 aromatic heterocycles. The highest BCUT2D eigenvalue weighted by atomic mass is 35.6. The lowest BCUT2D eigenvalue weighted by molar-refractivity contribution is 0.0670. The van der Waals surface area contributed by atoms with E-state index in [0.29, 0.717) is 31.4 Å². The first-order chi connectivity index (χ1) is 10.4. The Morgan fingerprint density at radius 2 is 2.00 bits per heavy atom. The summed E-state index contributed by atoms with van der Waals surface area (Å²) in [7, 11) is 0. The number of ether oxygens (including phenoxy) is 1. The number of rotatable bonds is 3. The summed E-state index contributed by atoms with van der Waals surface area (Å²) in [5, 5.41) is 5.77. The molecule has 0 radical (unpaired) electrons. The minimum absolute atomic E-state index is 0.110. The van der Waals surface area contributed by atoms with Gasteiger partial charge in [-0.2, -0.15) is 0 Å². The monoisotopic (exact) mass is 385 g/mol. The van der Waals surface area contributed by atoms with Crippen LogP contribution in [-0.2, 0) is 4.74 Å². The van der Waals surface area contributed by atoms with E-state index in [4.69, 9.17) is 56.2 Å². The number of nitrogens with zero attached hydrogens (tertiary/aromatic N) is 1. The summed E-state index contributed by atoms with van der Waals surface area (Å²) in [5.74, 6) is -0.406. The summed E-state index contributed by atoms with van der Waals surface area (Å²) in [4.78, 5) is 13.9. The van der Waals surface area contributed by atoms with Gasteiger partial charge in [-0.25, -0.2) is 0 Å². The lowest BCUT2D eigenvalue weighted by atomic mass is 10.4. The molecule has 1 fully saturated rings. The quantitative estimate of drug-likeness (QED) is 0.470. The smallest absolute Gasteiger partial charge is 0.288 e. The summed E-state index contributed by atoms with van der Waals surface area (Å²) >= 11 is 23.0. The largest absolute Gasteiger partial charge is 0.459 e. The standard InChI is InChI=1S/C12H14Cl3N3O3S/c13-12(14,15)10(16-9(19)8-2-1-5-21-8)17-11(22)18-3-6-20-7-4-18/h1-2,5,10H,3-4,6-7H2,(H,16,19)(H,17,22)/t10-/m0/s1. The molecule has 2 rings (SSSR count). The van der Waals surface area contributed by atoms with E-state index in [1.807, 2.05) is 4.90 Å². The number of thiocarbonyl (C=S) groups is 1. The van der Waals surface area contributed by atoms with Crippen molar-refractivity contribution >= 4 is 58.0 Å². The van der Waals surface area contributed by atoms with Gasteiger partial charge in [0.25, 0.3) is 5.91 Å². The summed E-state index contributed by atoms with van der Waals surface area (Å²) in [6.07, 6.45) is 0.371. The lowest BCUT2D eigenvalue weighted by Gasteiger charge is -2.33. The molecule has 2 heterocycles. The van der Waals surface area contributed by atoms with Gasteiger partial charge in [0.2, 0.25) is 3.79 Å². The second-order valence-electron chi connectivity index (χ2n) is 4.47. The van der Waals surface area contributed by atoms with Gasteiger partial charge in [-0.1, -0.05) is 34.8 Å². The van der Waals surface area contributed by atoms with Gasteiger partial charge in [0.1, 0.15) is 6.17 Å². The van der Waals surface area contributed by atoms with Gasteiger partial charge in [0.15, 0.2) is 10.9 Å². The number of nitrogens with one attached hydrogen (secondary N) is 2. The average molecular weight is 387 g/mol. The van der Waals surface area contributed by atoms with Gasteiger partial charge in [-0.15, -0.1) is 0 Å². The van der Waals surface area contributed by atoms with Crippen LogP contribution in [0.1, 0.15) is 10.6 Å². The Balaban J connectivity index is 2.00. The molecule has 22 heavy (non-hydrogen) atoms. The van der Waals surface area contributed by atoms with Crippen molar-refractivity contribution in [3.05, 3.63) is 24.2 Å². The fraction of sp³-hybridized carbons (Fsp3) is 0.500. The maximum absolute atomic E-state index is 12.0. The minimum atomic E-state index is -1.79. The molecule has 10 heteroatoms. The highest BCUT2D eigenvalue weighted by molar-refractivity contribution is 7.80. The first kappa shape index (κ1) is 17.6. The van der Waals surface area contributed by atoms with E-state index >= 15 is 0 Å². The molecule has 1 aromatic rings. The third kappa shape index (κ3) is 4.89. The number of hydrogen-bond donors (Lipinski definition) is 2. The van der Waals surface area contributed by atoms with E-state index in [2.05, 4.69) is 10.6 Å². The van der Waals surface area contributed by atoms with Crippen molar-refractivity contribution < 1.29 is 13.9 Å². The molecular formula is C12H14Cl3N3O3S. The molecule has 0 saturated carbocycles. The molecule has 1 aliphatic rings. The number of alkyl halides is 3. The summed E-state index contributed by atoms with van der Waals surface area (Å²) < 4.78 is 8.45. The van der Waals surface area contributed by atoms with E-state index < -0.39 is 15.9 Å². The van der Waals surface area contributed by atoms with E-state index in [-0.39, 0.29) is 5.76 Å². The first-order valence-corrected chi connectivity index (χ1v) is 7.96. The molecule has 2 N–H and O–H groups in total. The molecule has 1 aliphatic heterocycles. The van der Waals surface area contributed by atoms with Crippen LogP contribution in [-0.4, -0.2) is 52.2 Å². The average Bonchev–Trinajstić information content (AvgIpc) is 3.00. The highest BCUT2D eigenvalue weighted by Gasteiger charge is 2.36. The van der Waals surface area contributed by atoms with Crippen LogP contribution >= 0.6 is 47.0 Å². The maximum atomic E-state index is 12.0.